The summed E-state index contributed by atoms with van der Waals surface area (Å²) in [4.78, 5) is 0. The molecule has 0 saturated heterocycles. The van der Waals surface area contributed by atoms with Crippen molar-refractivity contribution in [2.75, 3.05) is 27.4 Å². The van der Waals surface area contributed by atoms with Gasteiger partial charge in [0, 0.05) is 0 Å². The molecule has 0 saturated carbocycles. The number of aromatic hydroxyl groups is 1. The SMILES string of the molecule is CCCCCCCCCOC[N+](C)(C)Cc1cc(N=Nc2ccc(C)cc2)ccc1O. The van der Waals surface area contributed by atoms with Gasteiger partial charge in [-0.25, -0.2) is 0 Å². The second-order valence-corrected chi connectivity index (χ2v) is 9.10. The number of hydrogen-bond acceptors (Lipinski definition) is 4. The summed E-state index contributed by atoms with van der Waals surface area (Å²) in [6.07, 6.45) is 9.01. The Morgan fingerprint density at radius 1 is 0.839 bits per heavy atom. The Labute approximate surface area is 188 Å². The van der Waals surface area contributed by atoms with Crippen LogP contribution in [0.2, 0.25) is 0 Å². The first-order chi connectivity index (χ1) is 14.9. The van der Waals surface area contributed by atoms with Crippen molar-refractivity contribution in [3.05, 3.63) is 53.6 Å². The van der Waals surface area contributed by atoms with Crippen LogP contribution >= 0.6 is 0 Å². The first-order valence-corrected chi connectivity index (χ1v) is 11.6. The molecule has 0 fully saturated rings. The molecule has 0 spiro atoms. The molecule has 0 aliphatic heterocycles. The summed E-state index contributed by atoms with van der Waals surface area (Å²) in [5, 5.41) is 19.0. The van der Waals surface area contributed by atoms with Gasteiger partial charge in [0.15, 0.2) is 6.73 Å². The van der Waals surface area contributed by atoms with E-state index in [2.05, 4.69) is 31.2 Å². The quantitative estimate of drug-likeness (QED) is 0.148. The largest absolute Gasteiger partial charge is 0.507 e. The Morgan fingerprint density at radius 2 is 1.45 bits per heavy atom. The van der Waals surface area contributed by atoms with Gasteiger partial charge in [0.25, 0.3) is 0 Å². The minimum absolute atomic E-state index is 0.285. The predicted octanol–water partition coefficient (Wildman–Crippen LogP) is 7.42. The van der Waals surface area contributed by atoms with Crippen molar-refractivity contribution >= 4 is 11.4 Å². The molecule has 2 rings (SSSR count). The molecule has 0 aliphatic rings. The normalized spacial score (nSPS) is 12.0. The molecule has 2 aromatic carbocycles. The van der Waals surface area contributed by atoms with Crippen LogP contribution in [0.1, 0.15) is 63.0 Å². The van der Waals surface area contributed by atoms with E-state index in [4.69, 9.17) is 4.74 Å². The van der Waals surface area contributed by atoms with Crippen molar-refractivity contribution in [1.82, 2.24) is 0 Å². The Bertz CT molecular complexity index is 801. The first kappa shape index (κ1) is 25.0. The van der Waals surface area contributed by atoms with Crippen molar-refractivity contribution in [3.63, 3.8) is 0 Å². The molecule has 0 unspecified atom stereocenters. The Balaban J connectivity index is 1.80. The predicted molar refractivity (Wildman–Crippen MR) is 128 cm³/mol. The van der Waals surface area contributed by atoms with Crippen LogP contribution in [0, 0.1) is 6.92 Å². The van der Waals surface area contributed by atoms with Gasteiger partial charge in [-0.05, 0) is 43.7 Å². The molecule has 5 nitrogen and oxygen atoms in total. The zero-order valence-electron chi connectivity index (χ0n) is 19.8. The van der Waals surface area contributed by atoms with Crippen LogP contribution in [-0.2, 0) is 11.3 Å². The van der Waals surface area contributed by atoms with E-state index in [1.165, 1.54) is 44.1 Å². The first-order valence-electron chi connectivity index (χ1n) is 11.6. The van der Waals surface area contributed by atoms with Crippen LogP contribution in [0.25, 0.3) is 0 Å². The van der Waals surface area contributed by atoms with Gasteiger partial charge >= 0.3 is 0 Å². The van der Waals surface area contributed by atoms with Crippen molar-refractivity contribution in [1.29, 1.82) is 0 Å². The molecule has 0 bridgehead atoms. The van der Waals surface area contributed by atoms with Crippen LogP contribution in [0.5, 0.6) is 5.75 Å². The minimum atomic E-state index is 0.285. The highest BCUT2D eigenvalue weighted by Crippen LogP contribution is 2.27. The Hall–Kier alpha value is -2.24. The molecule has 2 aromatic rings. The van der Waals surface area contributed by atoms with E-state index >= 15 is 0 Å². The van der Waals surface area contributed by atoms with E-state index in [1.54, 1.807) is 12.1 Å². The van der Waals surface area contributed by atoms with Crippen molar-refractivity contribution in [2.24, 2.45) is 10.2 Å². The molecule has 0 atom stereocenters. The topological polar surface area (TPSA) is 54.2 Å². The van der Waals surface area contributed by atoms with Gasteiger partial charge < -0.3 is 14.3 Å². The lowest BCUT2D eigenvalue weighted by molar-refractivity contribution is -0.922. The monoisotopic (exact) mass is 426 g/mol. The molecule has 0 radical (unpaired) electrons. The number of phenolic OH excluding ortho intramolecular Hbond substituents is 1. The molecule has 1 N–H and O–H groups in total. The second kappa shape index (κ2) is 13.2. The van der Waals surface area contributed by atoms with E-state index < -0.39 is 0 Å². The lowest BCUT2D eigenvalue weighted by Gasteiger charge is -2.29. The minimum Gasteiger partial charge on any atom is -0.507 e. The number of azo groups is 1. The average molecular weight is 427 g/mol. The van der Waals surface area contributed by atoms with E-state index in [-0.39, 0.29) is 5.75 Å². The number of nitrogens with zero attached hydrogens (tertiary/aromatic N) is 3. The van der Waals surface area contributed by atoms with E-state index in [9.17, 15) is 5.11 Å². The maximum Gasteiger partial charge on any atom is 0.182 e. The molecule has 31 heavy (non-hydrogen) atoms. The summed E-state index contributed by atoms with van der Waals surface area (Å²) in [5.41, 5.74) is 3.59. The number of quaternary nitrogens is 1. The highest BCUT2D eigenvalue weighted by molar-refractivity contribution is 5.47. The molecule has 170 valence electrons. The molecule has 5 heteroatoms. The van der Waals surface area contributed by atoms with Gasteiger partial charge in [0.05, 0.1) is 37.6 Å². The zero-order chi connectivity index (χ0) is 22.5. The second-order valence-electron chi connectivity index (χ2n) is 9.10. The lowest BCUT2D eigenvalue weighted by atomic mass is 10.1. The Kier molecular flexibility index (Phi) is 10.7. The van der Waals surface area contributed by atoms with Gasteiger partial charge in [-0.15, -0.1) is 0 Å². The third kappa shape index (κ3) is 10.1. The number of unbranched alkanes of at least 4 members (excludes halogenated alkanes) is 6. The van der Waals surface area contributed by atoms with Crippen LogP contribution < -0.4 is 0 Å². The number of phenols is 1. The highest BCUT2D eigenvalue weighted by atomic mass is 16.5. The summed E-state index contributed by atoms with van der Waals surface area (Å²) < 4.78 is 6.57. The van der Waals surface area contributed by atoms with Crippen molar-refractivity contribution in [2.45, 2.75) is 65.3 Å². The van der Waals surface area contributed by atoms with Crippen LogP contribution in [0.4, 0.5) is 11.4 Å². The Morgan fingerprint density at radius 3 is 2.16 bits per heavy atom. The number of hydrogen-bond donors (Lipinski definition) is 1. The van der Waals surface area contributed by atoms with E-state index in [0.29, 0.717) is 17.8 Å². The maximum atomic E-state index is 10.3. The van der Waals surface area contributed by atoms with Gasteiger partial charge in [-0.3, -0.25) is 0 Å². The van der Waals surface area contributed by atoms with Crippen molar-refractivity contribution in [3.8, 4) is 5.75 Å². The fraction of sp³-hybridized carbons (Fsp3) is 0.538. The summed E-state index contributed by atoms with van der Waals surface area (Å²) in [6, 6.07) is 13.3. The van der Waals surface area contributed by atoms with Crippen LogP contribution in [-0.4, -0.2) is 37.0 Å². The fourth-order valence-electron chi connectivity index (χ4n) is 3.47. The number of rotatable bonds is 14. The van der Waals surface area contributed by atoms with Gasteiger partial charge in [-0.1, -0.05) is 63.1 Å². The standard InChI is InChI=1S/C26H39N3O2/c1-5-6-7-8-9-10-11-18-31-21-29(3,4)20-23-19-25(16-17-26(23)30)28-27-24-14-12-22(2)13-15-24/h12-17,19H,5-11,18,20-21H2,1-4H3/p+1. The fourth-order valence-corrected chi connectivity index (χ4v) is 3.47. The van der Waals surface area contributed by atoms with E-state index in [1.807, 2.05) is 37.3 Å². The number of ether oxygens (including phenoxy) is 1. The van der Waals surface area contributed by atoms with E-state index in [0.717, 1.165) is 30.0 Å². The molecular formula is C26H40N3O2+. The van der Waals surface area contributed by atoms with Gasteiger partial charge in [0.1, 0.15) is 12.3 Å². The zero-order valence-corrected chi connectivity index (χ0v) is 19.8. The molecule has 0 amide bonds. The summed E-state index contributed by atoms with van der Waals surface area (Å²) in [7, 11) is 4.23. The molecule has 0 aromatic heterocycles. The molecule has 0 heterocycles. The summed E-state index contributed by atoms with van der Waals surface area (Å²) in [5.74, 6) is 0.285. The number of aryl methyl sites for hydroxylation is 1. The lowest BCUT2D eigenvalue weighted by Crippen LogP contribution is -2.40. The van der Waals surface area contributed by atoms with Gasteiger partial charge in [-0.2, -0.15) is 10.2 Å². The third-order valence-electron chi connectivity index (χ3n) is 5.31. The van der Waals surface area contributed by atoms with Crippen LogP contribution in [0.3, 0.4) is 0 Å². The third-order valence-corrected chi connectivity index (χ3v) is 5.31. The van der Waals surface area contributed by atoms with Crippen LogP contribution in [0.15, 0.2) is 52.7 Å². The molecular weight excluding hydrogens is 386 g/mol. The summed E-state index contributed by atoms with van der Waals surface area (Å²) in [6.45, 7) is 6.37. The summed E-state index contributed by atoms with van der Waals surface area (Å²) >= 11 is 0. The molecule has 0 aliphatic carbocycles. The highest BCUT2D eigenvalue weighted by Gasteiger charge is 2.18. The van der Waals surface area contributed by atoms with Crippen molar-refractivity contribution < 1.29 is 14.3 Å². The smallest absolute Gasteiger partial charge is 0.182 e. The van der Waals surface area contributed by atoms with Gasteiger partial charge in [0.2, 0.25) is 0 Å². The maximum absolute atomic E-state index is 10.3. The average Bonchev–Trinajstić information content (AvgIpc) is 2.74. The number of benzene rings is 2.